The van der Waals surface area contributed by atoms with Crippen molar-refractivity contribution >= 4 is 11.9 Å². The molecule has 1 aromatic carbocycles. The first kappa shape index (κ1) is 23.0. The van der Waals surface area contributed by atoms with Gasteiger partial charge in [-0.15, -0.1) is 0 Å². The van der Waals surface area contributed by atoms with Crippen LogP contribution >= 0.6 is 0 Å². The number of hydrogen-bond acceptors (Lipinski definition) is 5. The predicted molar refractivity (Wildman–Crippen MR) is 122 cm³/mol. The van der Waals surface area contributed by atoms with E-state index < -0.39 is 6.16 Å². The van der Waals surface area contributed by atoms with Gasteiger partial charge in [0.2, 0.25) is 0 Å². The second-order valence-corrected chi connectivity index (χ2v) is 10.5. The SMILES string of the molecule is C/C1=C\CC[C@@]2(C)O[C@@H]2C(=O)[C@@H]2CC[C@@H](C)[C@](C)(CC1)[C@H]2COC(=O)Oc1ccccc1. The summed E-state index contributed by atoms with van der Waals surface area (Å²) >= 11 is 0. The molecule has 2 fully saturated rings. The number of ketones is 1. The van der Waals surface area contributed by atoms with Crippen LogP contribution in [0, 0.1) is 23.2 Å². The van der Waals surface area contributed by atoms with E-state index in [1.165, 1.54) is 5.57 Å². The fraction of sp³-hybridized carbons (Fsp3) is 0.630. The lowest BCUT2D eigenvalue weighted by Gasteiger charge is -2.50. The number of carbonyl (C=O) groups excluding carboxylic acids is 2. The van der Waals surface area contributed by atoms with E-state index >= 15 is 0 Å². The Morgan fingerprint density at radius 2 is 1.91 bits per heavy atom. The zero-order valence-corrected chi connectivity index (χ0v) is 19.8. The van der Waals surface area contributed by atoms with Gasteiger partial charge in [0.05, 0.1) is 6.61 Å². The lowest BCUT2D eigenvalue weighted by atomic mass is 9.55. The maximum absolute atomic E-state index is 13.6. The van der Waals surface area contributed by atoms with Crippen LogP contribution in [-0.2, 0) is 14.3 Å². The van der Waals surface area contributed by atoms with Crippen LogP contribution in [0.25, 0.3) is 0 Å². The first-order valence-corrected chi connectivity index (χ1v) is 12.0. The van der Waals surface area contributed by atoms with Crippen molar-refractivity contribution in [1.82, 2.24) is 0 Å². The van der Waals surface area contributed by atoms with Crippen molar-refractivity contribution < 1.29 is 23.8 Å². The van der Waals surface area contributed by atoms with Crippen molar-refractivity contribution in [3.05, 3.63) is 42.0 Å². The molecule has 1 heterocycles. The van der Waals surface area contributed by atoms with Gasteiger partial charge in [-0.1, -0.05) is 43.7 Å². The Balaban J connectivity index is 1.56. The number of para-hydroxylation sites is 1. The number of Topliss-reactive ketones (excluding diaryl/α,β-unsaturated/α-hetero) is 1. The molecule has 2 aliphatic carbocycles. The molecule has 0 N–H and O–H groups in total. The van der Waals surface area contributed by atoms with E-state index in [1.54, 1.807) is 12.1 Å². The molecule has 0 radical (unpaired) electrons. The number of allylic oxidation sites excluding steroid dienone is 2. The summed E-state index contributed by atoms with van der Waals surface area (Å²) in [6, 6.07) is 8.92. The van der Waals surface area contributed by atoms with Crippen LogP contribution in [0.1, 0.15) is 66.2 Å². The van der Waals surface area contributed by atoms with Gasteiger partial charge in [0.1, 0.15) is 17.5 Å². The molecule has 5 nitrogen and oxygen atoms in total. The summed E-state index contributed by atoms with van der Waals surface area (Å²) in [6.45, 7) is 8.99. The zero-order valence-electron chi connectivity index (χ0n) is 19.8. The Labute approximate surface area is 191 Å². The van der Waals surface area contributed by atoms with Crippen LogP contribution in [0.2, 0.25) is 0 Å². The molecular weight excluding hydrogens is 404 g/mol. The summed E-state index contributed by atoms with van der Waals surface area (Å²) in [4.78, 5) is 26.0. The Kier molecular flexibility index (Phi) is 6.49. The largest absolute Gasteiger partial charge is 0.513 e. The average Bonchev–Trinajstić information content (AvgIpc) is 3.44. The molecule has 3 aliphatic rings. The zero-order chi connectivity index (χ0) is 22.9. The number of fused-ring (bicyclic) bond motifs is 3. The van der Waals surface area contributed by atoms with Gasteiger partial charge in [-0.3, -0.25) is 4.79 Å². The average molecular weight is 441 g/mol. The second kappa shape index (κ2) is 9.01. The van der Waals surface area contributed by atoms with Crippen molar-refractivity contribution in [2.45, 2.75) is 77.9 Å². The minimum atomic E-state index is -0.715. The summed E-state index contributed by atoms with van der Waals surface area (Å²) in [5.41, 5.74) is 0.923. The Bertz CT molecular complexity index is 877. The summed E-state index contributed by atoms with van der Waals surface area (Å²) < 4.78 is 16.9. The van der Waals surface area contributed by atoms with E-state index in [9.17, 15) is 9.59 Å². The fourth-order valence-corrected chi connectivity index (χ4v) is 5.79. The summed E-state index contributed by atoms with van der Waals surface area (Å²) in [5.74, 6) is 0.874. The maximum Gasteiger partial charge on any atom is 0.513 e. The molecule has 4 rings (SSSR count). The molecule has 1 saturated carbocycles. The molecule has 5 heteroatoms. The van der Waals surface area contributed by atoms with E-state index in [2.05, 4.69) is 33.8 Å². The first-order chi connectivity index (χ1) is 15.2. The quantitative estimate of drug-likeness (QED) is 0.245. The van der Waals surface area contributed by atoms with Crippen molar-refractivity contribution in [2.75, 3.05) is 6.61 Å². The van der Waals surface area contributed by atoms with E-state index in [4.69, 9.17) is 14.2 Å². The van der Waals surface area contributed by atoms with E-state index in [0.717, 1.165) is 38.5 Å². The lowest BCUT2D eigenvalue weighted by Crippen LogP contribution is -2.49. The van der Waals surface area contributed by atoms with Crippen LogP contribution in [0.3, 0.4) is 0 Å². The monoisotopic (exact) mass is 440 g/mol. The number of epoxide rings is 1. The highest BCUT2D eigenvalue weighted by molar-refractivity contribution is 5.89. The maximum atomic E-state index is 13.6. The molecule has 0 spiro atoms. The number of carbonyl (C=O) groups is 2. The third-order valence-electron chi connectivity index (χ3n) is 8.39. The van der Waals surface area contributed by atoms with Crippen molar-refractivity contribution in [2.24, 2.45) is 23.2 Å². The Morgan fingerprint density at radius 1 is 1.16 bits per heavy atom. The van der Waals surface area contributed by atoms with Gasteiger partial charge in [-0.25, -0.2) is 4.79 Å². The molecule has 6 atom stereocenters. The number of benzene rings is 1. The normalized spacial score (nSPS) is 38.9. The van der Waals surface area contributed by atoms with E-state index in [-0.39, 0.29) is 41.3 Å². The van der Waals surface area contributed by atoms with Crippen molar-refractivity contribution in [3.63, 3.8) is 0 Å². The highest BCUT2D eigenvalue weighted by Crippen LogP contribution is 2.54. The minimum Gasteiger partial charge on any atom is -0.434 e. The number of ether oxygens (including phenoxy) is 3. The van der Waals surface area contributed by atoms with Crippen LogP contribution in [0.5, 0.6) is 5.75 Å². The van der Waals surface area contributed by atoms with E-state index in [1.807, 2.05) is 18.2 Å². The smallest absolute Gasteiger partial charge is 0.434 e. The summed E-state index contributed by atoms with van der Waals surface area (Å²) in [6.07, 6.45) is 6.86. The third kappa shape index (κ3) is 4.63. The molecule has 1 saturated heterocycles. The molecule has 32 heavy (non-hydrogen) atoms. The number of hydrogen-bond donors (Lipinski definition) is 0. The van der Waals surface area contributed by atoms with Crippen molar-refractivity contribution in [1.29, 1.82) is 0 Å². The highest BCUT2D eigenvalue weighted by atomic mass is 16.7. The standard InChI is InChI=1S/C27H36O5/c1-18-9-8-15-27(4)24(32-27)23(28)21-13-12-19(2)26(3,16-14-18)22(21)17-30-25(29)31-20-10-6-5-7-11-20/h5-7,9-11,19,21-22,24H,8,12-17H2,1-4H3/b18-9+/t19-,21-,22+,24-,26+,27-/m1/s1. The summed E-state index contributed by atoms with van der Waals surface area (Å²) in [7, 11) is 0. The molecule has 2 bridgehead atoms. The predicted octanol–water partition coefficient (Wildman–Crippen LogP) is 6.12. The molecule has 0 amide bonds. The van der Waals surface area contributed by atoms with Gasteiger partial charge in [0.25, 0.3) is 0 Å². The van der Waals surface area contributed by atoms with Crippen LogP contribution < -0.4 is 4.74 Å². The fourth-order valence-electron chi connectivity index (χ4n) is 5.79. The highest BCUT2D eigenvalue weighted by Gasteiger charge is 2.60. The van der Waals surface area contributed by atoms with Crippen LogP contribution in [0.4, 0.5) is 4.79 Å². The van der Waals surface area contributed by atoms with Gasteiger partial charge in [0.15, 0.2) is 5.78 Å². The van der Waals surface area contributed by atoms with E-state index in [0.29, 0.717) is 11.7 Å². The molecule has 174 valence electrons. The van der Waals surface area contributed by atoms with Gasteiger partial charge in [-0.05, 0) is 75.8 Å². The number of rotatable bonds is 3. The van der Waals surface area contributed by atoms with Gasteiger partial charge >= 0.3 is 6.16 Å². The van der Waals surface area contributed by atoms with Crippen LogP contribution in [0.15, 0.2) is 42.0 Å². The molecular formula is C27H36O5. The topological polar surface area (TPSA) is 65.1 Å². The van der Waals surface area contributed by atoms with Gasteiger partial charge < -0.3 is 14.2 Å². The second-order valence-electron chi connectivity index (χ2n) is 10.5. The van der Waals surface area contributed by atoms with Crippen LogP contribution in [-0.4, -0.2) is 30.3 Å². The molecule has 1 aliphatic heterocycles. The third-order valence-corrected chi connectivity index (χ3v) is 8.39. The first-order valence-electron chi connectivity index (χ1n) is 12.0. The molecule has 1 aromatic rings. The molecule has 0 aromatic heterocycles. The summed E-state index contributed by atoms with van der Waals surface area (Å²) in [5, 5.41) is 0. The van der Waals surface area contributed by atoms with Crippen molar-refractivity contribution in [3.8, 4) is 5.75 Å². The Hall–Kier alpha value is -2.14. The van der Waals surface area contributed by atoms with Gasteiger partial charge in [0, 0.05) is 11.8 Å². The minimum absolute atomic E-state index is 0.0530. The lowest BCUT2D eigenvalue weighted by molar-refractivity contribution is -0.134. The van der Waals surface area contributed by atoms with Gasteiger partial charge in [-0.2, -0.15) is 0 Å². The molecule has 0 unspecified atom stereocenters. The Morgan fingerprint density at radius 3 is 2.66 bits per heavy atom.